The van der Waals surface area contributed by atoms with Crippen molar-refractivity contribution in [2.75, 3.05) is 6.54 Å². The molecule has 0 saturated heterocycles. The fourth-order valence-electron chi connectivity index (χ4n) is 2.21. The van der Waals surface area contributed by atoms with E-state index in [1.54, 1.807) is 0 Å². The normalized spacial score (nSPS) is 18.9. The van der Waals surface area contributed by atoms with Crippen LogP contribution in [-0.4, -0.2) is 16.3 Å². The first-order valence-corrected chi connectivity index (χ1v) is 5.44. The van der Waals surface area contributed by atoms with Crippen LogP contribution in [-0.2, 0) is 5.41 Å². The summed E-state index contributed by atoms with van der Waals surface area (Å²) in [6.45, 7) is 5.13. The second kappa shape index (κ2) is 3.39. The van der Waals surface area contributed by atoms with Crippen LogP contribution in [0.3, 0.4) is 0 Å². The molecule has 0 radical (unpaired) electrons. The number of nitrogens with two attached hydrogens (primary N) is 1. The third-order valence-electron chi connectivity index (χ3n) is 3.18. The van der Waals surface area contributed by atoms with Crippen LogP contribution >= 0.6 is 0 Å². The van der Waals surface area contributed by atoms with Crippen LogP contribution < -0.4 is 5.73 Å². The molecule has 1 aliphatic rings. The Kier molecular flexibility index (Phi) is 2.35. The molecule has 1 aromatic heterocycles. The van der Waals surface area contributed by atoms with Gasteiger partial charge in [0.25, 0.3) is 0 Å². The van der Waals surface area contributed by atoms with Gasteiger partial charge in [0.2, 0.25) is 0 Å². The van der Waals surface area contributed by atoms with Gasteiger partial charge in [-0.25, -0.2) is 0 Å². The van der Waals surface area contributed by atoms with Gasteiger partial charge in [0, 0.05) is 23.3 Å². The number of hydrogen-bond donors (Lipinski definition) is 1. The molecular weight excluding hydrogens is 174 g/mol. The molecule has 0 aliphatic heterocycles. The second-order valence-corrected chi connectivity index (χ2v) is 4.57. The van der Waals surface area contributed by atoms with Gasteiger partial charge in [0.1, 0.15) is 0 Å². The Labute approximate surface area is 85.3 Å². The molecule has 1 aromatic rings. The van der Waals surface area contributed by atoms with Gasteiger partial charge >= 0.3 is 0 Å². The van der Waals surface area contributed by atoms with Gasteiger partial charge in [-0.2, -0.15) is 5.10 Å². The summed E-state index contributed by atoms with van der Waals surface area (Å²) in [7, 11) is 0. The van der Waals surface area contributed by atoms with Crippen molar-refractivity contribution in [1.82, 2.24) is 9.78 Å². The quantitative estimate of drug-likeness (QED) is 0.793. The first-order valence-electron chi connectivity index (χ1n) is 5.44. The smallest absolute Gasteiger partial charge is 0.0492 e. The molecular formula is C11H19N3. The highest BCUT2D eigenvalue weighted by Crippen LogP contribution is 2.50. The van der Waals surface area contributed by atoms with Crippen LogP contribution in [0.4, 0.5) is 0 Å². The molecule has 1 aliphatic carbocycles. The van der Waals surface area contributed by atoms with Crippen molar-refractivity contribution >= 4 is 0 Å². The monoisotopic (exact) mass is 193 g/mol. The van der Waals surface area contributed by atoms with Gasteiger partial charge in [-0.05, 0) is 45.7 Å². The Morgan fingerprint density at radius 3 is 2.79 bits per heavy atom. The summed E-state index contributed by atoms with van der Waals surface area (Å²) in [5, 5.41) is 4.38. The van der Waals surface area contributed by atoms with E-state index in [4.69, 9.17) is 5.73 Å². The number of hydrogen-bond acceptors (Lipinski definition) is 2. The Hall–Kier alpha value is -0.830. The molecule has 0 atom stereocenters. The minimum Gasteiger partial charge on any atom is -0.330 e. The highest BCUT2D eigenvalue weighted by molar-refractivity contribution is 5.24. The third kappa shape index (κ3) is 1.46. The summed E-state index contributed by atoms with van der Waals surface area (Å²) in [6, 6.07) is 2.61. The van der Waals surface area contributed by atoms with Gasteiger partial charge in [0.15, 0.2) is 0 Å². The predicted molar refractivity (Wildman–Crippen MR) is 57.2 cm³/mol. The molecule has 0 amide bonds. The maximum Gasteiger partial charge on any atom is 0.0492 e. The molecule has 1 heterocycles. The molecule has 0 aromatic carbocycles. The first-order chi connectivity index (χ1) is 6.69. The lowest BCUT2D eigenvalue weighted by Gasteiger charge is -2.18. The van der Waals surface area contributed by atoms with E-state index in [-0.39, 0.29) is 0 Å². The largest absolute Gasteiger partial charge is 0.330 e. The van der Waals surface area contributed by atoms with Crippen LogP contribution in [0.15, 0.2) is 12.3 Å². The highest BCUT2D eigenvalue weighted by Gasteiger charge is 2.45. The zero-order chi connectivity index (χ0) is 10.2. The van der Waals surface area contributed by atoms with E-state index in [1.807, 2.05) is 6.20 Å². The lowest BCUT2D eigenvalue weighted by Crippen LogP contribution is -2.19. The minimum atomic E-state index is 0.371. The molecule has 0 spiro atoms. The fraction of sp³-hybridized carbons (Fsp3) is 0.727. The topological polar surface area (TPSA) is 43.8 Å². The van der Waals surface area contributed by atoms with Gasteiger partial charge in [-0.15, -0.1) is 0 Å². The summed E-state index contributed by atoms with van der Waals surface area (Å²) >= 11 is 0. The van der Waals surface area contributed by atoms with Crippen molar-refractivity contribution in [1.29, 1.82) is 0 Å². The number of rotatable bonds is 4. The summed E-state index contributed by atoms with van der Waals surface area (Å²) in [5.74, 6) is 0. The summed E-state index contributed by atoms with van der Waals surface area (Å²) in [4.78, 5) is 0. The molecule has 3 nitrogen and oxygen atoms in total. The zero-order valence-electron chi connectivity index (χ0n) is 9.03. The molecule has 0 bridgehead atoms. The third-order valence-corrected chi connectivity index (χ3v) is 3.18. The van der Waals surface area contributed by atoms with Gasteiger partial charge < -0.3 is 5.73 Å². The Morgan fingerprint density at radius 1 is 1.57 bits per heavy atom. The van der Waals surface area contributed by atoms with Crippen molar-refractivity contribution < 1.29 is 0 Å². The summed E-state index contributed by atoms with van der Waals surface area (Å²) < 4.78 is 2.14. The molecule has 1 fully saturated rings. The van der Waals surface area contributed by atoms with Crippen molar-refractivity contribution in [3.05, 3.63) is 18.0 Å². The Bertz CT molecular complexity index is 310. The maximum absolute atomic E-state index is 5.66. The molecule has 1 saturated carbocycles. The molecule has 0 unspecified atom stereocenters. The van der Waals surface area contributed by atoms with Crippen LogP contribution in [0, 0.1) is 0 Å². The van der Waals surface area contributed by atoms with E-state index in [0.717, 1.165) is 13.0 Å². The molecule has 2 rings (SSSR count). The number of nitrogens with zero attached hydrogens (tertiary/aromatic N) is 2. The van der Waals surface area contributed by atoms with E-state index < -0.39 is 0 Å². The van der Waals surface area contributed by atoms with E-state index in [0.29, 0.717) is 11.5 Å². The van der Waals surface area contributed by atoms with Crippen LogP contribution in [0.25, 0.3) is 0 Å². The van der Waals surface area contributed by atoms with Crippen molar-refractivity contribution in [2.45, 2.75) is 44.6 Å². The van der Waals surface area contributed by atoms with E-state index in [2.05, 4.69) is 29.7 Å². The number of aromatic nitrogens is 2. The van der Waals surface area contributed by atoms with Gasteiger partial charge in [-0.1, -0.05) is 0 Å². The second-order valence-electron chi connectivity index (χ2n) is 4.57. The summed E-state index contributed by atoms with van der Waals surface area (Å²) in [5.41, 5.74) is 7.41. The van der Waals surface area contributed by atoms with Gasteiger partial charge in [-0.3, -0.25) is 4.68 Å². The SMILES string of the molecule is CC(C)n1nccc1C1(CCN)CC1. The van der Waals surface area contributed by atoms with Crippen LogP contribution in [0.5, 0.6) is 0 Å². The van der Waals surface area contributed by atoms with Crippen LogP contribution in [0.1, 0.15) is 44.8 Å². The standard InChI is InChI=1S/C11H19N3/c1-9(2)14-10(3-8-13-14)11(4-5-11)6-7-12/h3,8-9H,4-7,12H2,1-2H3. The average Bonchev–Trinajstić information content (AvgIpc) is 2.76. The predicted octanol–water partition coefficient (Wildman–Crippen LogP) is 1.84. The molecule has 78 valence electrons. The fourth-order valence-corrected chi connectivity index (χ4v) is 2.21. The van der Waals surface area contributed by atoms with Crippen molar-refractivity contribution in [3.63, 3.8) is 0 Å². The summed E-state index contributed by atoms with van der Waals surface area (Å²) in [6.07, 6.45) is 5.57. The van der Waals surface area contributed by atoms with Gasteiger partial charge in [0.05, 0.1) is 0 Å². The van der Waals surface area contributed by atoms with Crippen molar-refractivity contribution in [2.24, 2.45) is 5.73 Å². The lowest BCUT2D eigenvalue weighted by molar-refractivity contribution is 0.467. The van der Waals surface area contributed by atoms with Crippen LogP contribution in [0.2, 0.25) is 0 Å². The molecule has 2 N–H and O–H groups in total. The van der Waals surface area contributed by atoms with Crippen molar-refractivity contribution in [3.8, 4) is 0 Å². The molecule has 3 heteroatoms. The maximum atomic E-state index is 5.66. The lowest BCUT2D eigenvalue weighted by atomic mass is 9.98. The minimum absolute atomic E-state index is 0.371. The van der Waals surface area contributed by atoms with E-state index >= 15 is 0 Å². The van der Waals surface area contributed by atoms with E-state index in [1.165, 1.54) is 18.5 Å². The first kappa shape index (κ1) is 9.71. The average molecular weight is 193 g/mol. The zero-order valence-corrected chi connectivity index (χ0v) is 9.03. The highest BCUT2D eigenvalue weighted by atomic mass is 15.3. The Morgan fingerprint density at radius 2 is 2.29 bits per heavy atom. The Balaban J connectivity index is 2.27. The van der Waals surface area contributed by atoms with E-state index in [9.17, 15) is 0 Å². The molecule has 14 heavy (non-hydrogen) atoms.